The summed E-state index contributed by atoms with van der Waals surface area (Å²) in [6.45, 7) is 0. The van der Waals surface area contributed by atoms with Crippen molar-refractivity contribution in [3.8, 4) is 0 Å². The van der Waals surface area contributed by atoms with Gasteiger partial charge in [-0.25, -0.2) is 0 Å². The predicted molar refractivity (Wildman–Crippen MR) is 119 cm³/mol. The number of methoxy groups -OCH3 is 1. The molecule has 0 unspecified atom stereocenters. The van der Waals surface area contributed by atoms with Gasteiger partial charge in [0.05, 0.1) is 0 Å². The highest BCUT2D eigenvalue weighted by atomic mass is 31.1. The van der Waals surface area contributed by atoms with Gasteiger partial charge in [-0.3, -0.25) is 0 Å². The average molecular weight is 383 g/mol. The summed E-state index contributed by atoms with van der Waals surface area (Å²) in [6, 6.07) is 11.1. The van der Waals surface area contributed by atoms with Crippen molar-refractivity contribution in [1.82, 2.24) is 0 Å². The monoisotopic (exact) mass is 382 g/mol. The first-order chi connectivity index (χ1) is 13.3. The lowest BCUT2D eigenvalue weighted by Crippen LogP contribution is -2.40. The Balaban J connectivity index is 1.76. The molecule has 0 saturated heterocycles. The van der Waals surface area contributed by atoms with Crippen molar-refractivity contribution in [2.75, 3.05) is 7.11 Å². The molecule has 0 aliphatic heterocycles. The SMILES string of the molecule is CO[C@@]1(P(C2CCCCC2)C2CCCCC2)CC=CC=C1c1ccccc1. The zero-order valence-corrected chi connectivity index (χ0v) is 17.8. The summed E-state index contributed by atoms with van der Waals surface area (Å²) >= 11 is 0. The first kappa shape index (κ1) is 19.4. The largest absolute Gasteiger partial charge is 0.369 e. The minimum absolute atomic E-state index is 0.0878. The highest BCUT2D eigenvalue weighted by Gasteiger charge is 2.49. The predicted octanol–water partition coefficient (Wildman–Crippen LogP) is 7.52. The van der Waals surface area contributed by atoms with Crippen LogP contribution in [0.15, 0.2) is 48.6 Å². The van der Waals surface area contributed by atoms with Crippen LogP contribution in [-0.4, -0.2) is 23.8 Å². The number of rotatable bonds is 5. The molecule has 0 bridgehead atoms. The van der Waals surface area contributed by atoms with Crippen LogP contribution in [0.2, 0.25) is 0 Å². The zero-order valence-electron chi connectivity index (χ0n) is 16.9. The summed E-state index contributed by atoms with van der Waals surface area (Å²) in [5.41, 5.74) is 4.59. The summed E-state index contributed by atoms with van der Waals surface area (Å²) in [5, 5.41) is -0.0878. The first-order valence-electron chi connectivity index (χ1n) is 11.1. The second kappa shape index (κ2) is 9.06. The van der Waals surface area contributed by atoms with Gasteiger partial charge < -0.3 is 4.74 Å². The van der Waals surface area contributed by atoms with Gasteiger partial charge in [0.2, 0.25) is 0 Å². The summed E-state index contributed by atoms with van der Waals surface area (Å²) in [7, 11) is 1.79. The van der Waals surface area contributed by atoms with Crippen molar-refractivity contribution in [3.63, 3.8) is 0 Å². The fraction of sp³-hybridized carbons (Fsp3) is 0.600. The van der Waals surface area contributed by atoms with E-state index in [1.807, 2.05) is 7.11 Å². The van der Waals surface area contributed by atoms with Crippen molar-refractivity contribution in [3.05, 3.63) is 54.1 Å². The number of hydrogen-bond donors (Lipinski definition) is 0. The lowest BCUT2D eigenvalue weighted by Gasteiger charge is -2.51. The van der Waals surface area contributed by atoms with Gasteiger partial charge in [0.1, 0.15) is 5.34 Å². The Hall–Kier alpha value is -0.910. The molecular formula is C25H35OP. The third-order valence-corrected chi connectivity index (χ3v) is 11.0. The van der Waals surface area contributed by atoms with Crippen molar-refractivity contribution >= 4 is 13.5 Å². The number of allylic oxidation sites excluding steroid dienone is 2. The van der Waals surface area contributed by atoms with Crippen LogP contribution in [0.1, 0.15) is 76.2 Å². The lowest BCUT2D eigenvalue weighted by molar-refractivity contribution is 0.112. The molecule has 1 nitrogen and oxygen atoms in total. The van der Waals surface area contributed by atoms with E-state index in [4.69, 9.17) is 4.74 Å². The summed E-state index contributed by atoms with van der Waals surface area (Å²) in [6.07, 6.45) is 22.4. The molecule has 27 heavy (non-hydrogen) atoms. The number of benzene rings is 1. The van der Waals surface area contributed by atoms with Crippen LogP contribution in [0.25, 0.3) is 5.57 Å². The molecule has 146 valence electrons. The van der Waals surface area contributed by atoms with E-state index in [-0.39, 0.29) is 13.3 Å². The average Bonchev–Trinajstić information content (AvgIpc) is 2.76. The van der Waals surface area contributed by atoms with Gasteiger partial charge in [0, 0.05) is 13.5 Å². The van der Waals surface area contributed by atoms with E-state index in [0.29, 0.717) is 0 Å². The second-order valence-electron chi connectivity index (χ2n) is 8.56. The molecule has 0 N–H and O–H groups in total. The van der Waals surface area contributed by atoms with Crippen LogP contribution in [0, 0.1) is 0 Å². The van der Waals surface area contributed by atoms with Crippen LogP contribution >= 0.6 is 7.92 Å². The van der Waals surface area contributed by atoms with Crippen LogP contribution in [0.4, 0.5) is 0 Å². The molecular weight excluding hydrogens is 347 g/mol. The minimum atomic E-state index is -0.204. The Labute approximate surface area is 167 Å². The van der Waals surface area contributed by atoms with Crippen molar-refractivity contribution in [2.45, 2.75) is 87.3 Å². The maximum atomic E-state index is 6.62. The van der Waals surface area contributed by atoms with E-state index in [0.717, 1.165) is 17.7 Å². The molecule has 0 radical (unpaired) electrons. The highest BCUT2D eigenvalue weighted by molar-refractivity contribution is 7.61. The zero-order chi connectivity index (χ0) is 18.5. The molecule has 1 aromatic carbocycles. The van der Waals surface area contributed by atoms with Gasteiger partial charge in [0.15, 0.2) is 0 Å². The Morgan fingerprint density at radius 2 is 1.44 bits per heavy atom. The standard InChI is InChI=1S/C25H35OP/c1-26-25(20-12-11-19-24(25)21-13-5-2-6-14-21)27(22-15-7-3-8-16-22)23-17-9-4-10-18-23/h2,5-6,11-14,19,22-23H,3-4,7-10,15-18,20H2,1H3/t25-/m1/s1. The third kappa shape index (κ3) is 3.96. The maximum Gasteiger partial charge on any atom is 0.116 e. The van der Waals surface area contributed by atoms with Gasteiger partial charge in [-0.1, -0.05) is 95.0 Å². The van der Waals surface area contributed by atoms with Crippen molar-refractivity contribution in [2.24, 2.45) is 0 Å². The third-order valence-electron chi connectivity index (χ3n) is 6.99. The Morgan fingerprint density at radius 1 is 0.852 bits per heavy atom. The molecule has 2 fully saturated rings. The Kier molecular flexibility index (Phi) is 6.51. The molecule has 1 aromatic rings. The molecule has 1 atom stereocenters. The fourth-order valence-corrected chi connectivity index (χ4v) is 10.3. The lowest BCUT2D eigenvalue weighted by atomic mass is 9.93. The van der Waals surface area contributed by atoms with Crippen molar-refractivity contribution in [1.29, 1.82) is 0 Å². The van der Waals surface area contributed by atoms with Crippen LogP contribution in [0.5, 0.6) is 0 Å². The van der Waals surface area contributed by atoms with Crippen molar-refractivity contribution < 1.29 is 4.74 Å². The van der Waals surface area contributed by atoms with Crippen LogP contribution in [0.3, 0.4) is 0 Å². The van der Waals surface area contributed by atoms with Gasteiger partial charge in [-0.2, -0.15) is 0 Å². The minimum Gasteiger partial charge on any atom is -0.369 e. The van der Waals surface area contributed by atoms with E-state index in [2.05, 4.69) is 48.6 Å². The molecule has 3 aliphatic carbocycles. The van der Waals surface area contributed by atoms with Crippen LogP contribution in [-0.2, 0) is 4.74 Å². The Bertz CT molecular complexity index is 634. The van der Waals surface area contributed by atoms with E-state index in [1.165, 1.54) is 75.3 Å². The second-order valence-corrected chi connectivity index (χ2v) is 11.6. The van der Waals surface area contributed by atoms with Gasteiger partial charge in [-0.15, -0.1) is 0 Å². The smallest absolute Gasteiger partial charge is 0.116 e. The fourth-order valence-electron chi connectivity index (χ4n) is 5.72. The highest BCUT2D eigenvalue weighted by Crippen LogP contribution is 2.69. The number of hydrogen-bond acceptors (Lipinski definition) is 1. The molecule has 2 saturated carbocycles. The van der Waals surface area contributed by atoms with E-state index in [1.54, 1.807) is 0 Å². The molecule has 3 aliphatic rings. The molecule has 0 amide bonds. The summed E-state index contributed by atoms with van der Waals surface area (Å²) in [4.78, 5) is 0. The first-order valence-corrected chi connectivity index (χ1v) is 12.6. The topological polar surface area (TPSA) is 9.23 Å². The van der Waals surface area contributed by atoms with Gasteiger partial charge in [0.25, 0.3) is 0 Å². The summed E-state index contributed by atoms with van der Waals surface area (Å²) < 4.78 is 6.62. The van der Waals surface area contributed by atoms with Gasteiger partial charge in [-0.05, 0) is 48.1 Å². The normalized spacial score (nSPS) is 27.7. The van der Waals surface area contributed by atoms with E-state index < -0.39 is 0 Å². The maximum absolute atomic E-state index is 6.62. The Morgan fingerprint density at radius 3 is 2.00 bits per heavy atom. The van der Waals surface area contributed by atoms with E-state index >= 15 is 0 Å². The molecule has 4 rings (SSSR count). The molecule has 2 heteroatoms. The molecule has 0 aromatic heterocycles. The number of ether oxygens (including phenoxy) is 1. The van der Waals surface area contributed by atoms with E-state index in [9.17, 15) is 0 Å². The molecule has 0 spiro atoms. The van der Waals surface area contributed by atoms with Crippen LogP contribution < -0.4 is 0 Å². The molecule has 0 heterocycles. The summed E-state index contributed by atoms with van der Waals surface area (Å²) in [5.74, 6) is 0. The van der Waals surface area contributed by atoms with Gasteiger partial charge >= 0.3 is 0 Å². The quantitative estimate of drug-likeness (QED) is 0.478.